The Balaban J connectivity index is 2.09. The molecule has 0 fully saturated rings. The Hall–Kier alpha value is -3.16. The van der Waals surface area contributed by atoms with Crippen LogP contribution in [0.15, 0.2) is 70.4 Å². The lowest BCUT2D eigenvalue weighted by Gasteiger charge is -2.14. The van der Waals surface area contributed by atoms with Crippen LogP contribution in [-0.4, -0.2) is 26.8 Å². The summed E-state index contributed by atoms with van der Waals surface area (Å²) in [6.07, 6.45) is 8.12. The highest BCUT2D eigenvalue weighted by molar-refractivity contribution is 6.42. The predicted octanol–water partition coefficient (Wildman–Crippen LogP) is 4.14. The maximum absolute atomic E-state index is 13.1. The monoisotopic (exact) mass is 443 g/mol. The lowest BCUT2D eigenvalue weighted by Crippen LogP contribution is -2.29. The van der Waals surface area contributed by atoms with E-state index < -0.39 is 5.56 Å². The van der Waals surface area contributed by atoms with Gasteiger partial charge in [-0.05, 0) is 30.7 Å². The van der Waals surface area contributed by atoms with Crippen molar-refractivity contribution < 1.29 is 4.84 Å². The Kier molecular flexibility index (Phi) is 6.87. The molecule has 3 aromatic heterocycles. The summed E-state index contributed by atoms with van der Waals surface area (Å²) >= 11 is 12.6. The van der Waals surface area contributed by atoms with E-state index in [9.17, 15) is 4.79 Å². The molecule has 9 heteroatoms. The number of halogens is 2. The first-order valence-corrected chi connectivity index (χ1v) is 9.67. The molecule has 3 aromatic rings. The van der Waals surface area contributed by atoms with Crippen LogP contribution in [0.3, 0.4) is 0 Å². The second-order valence-electron chi connectivity index (χ2n) is 6.19. The summed E-state index contributed by atoms with van der Waals surface area (Å²) < 4.78 is 1.08. The topological polar surface area (TPSA) is 81.9 Å². The molecule has 0 aromatic carbocycles. The highest BCUT2D eigenvalue weighted by atomic mass is 35.5. The number of rotatable bonds is 7. The van der Waals surface area contributed by atoms with Crippen LogP contribution in [0.25, 0.3) is 16.6 Å². The molecule has 0 bridgehead atoms. The van der Waals surface area contributed by atoms with Gasteiger partial charge in [0.2, 0.25) is 5.95 Å². The van der Waals surface area contributed by atoms with Gasteiger partial charge in [0.15, 0.2) is 5.65 Å². The largest absolute Gasteiger partial charge is 0.412 e. The molecule has 0 saturated heterocycles. The quantitative estimate of drug-likeness (QED) is 0.552. The summed E-state index contributed by atoms with van der Waals surface area (Å²) in [6, 6.07) is 5.41. The van der Waals surface area contributed by atoms with Crippen LogP contribution >= 0.6 is 23.2 Å². The first kappa shape index (κ1) is 21.5. The number of nitrogens with zero attached hydrogens (tertiary/aromatic N) is 4. The van der Waals surface area contributed by atoms with E-state index in [0.29, 0.717) is 34.1 Å². The third-order valence-corrected chi connectivity index (χ3v) is 4.68. The average molecular weight is 444 g/mol. The smallest absolute Gasteiger partial charge is 0.293 e. The first-order chi connectivity index (χ1) is 14.5. The average Bonchev–Trinajstić information content (AvgIpc) is 2.73. The predicted molar refractivity (Wildman–Crippen MR) is 120 cm³/mol. The summed E-state index contributed by atoms with van der Waals surface area (Å²) in [6.45, 7) is 5.76. The van der Waals surface area contributed by atoms with Crippen molar-refractivity contribution in [3.63, 3.8) is 0 Å². The maximum atomic E-state index is 13.1. The standard InChI is InChI=1S/C21H19Cl2N5O2/c1-4-6-17(23)18(13(2)22)16-9-15-12-26-21(25-11-14-7-5-8-24-10-14)27-19(15)28(30-3)20(16)29/h4-10,12H,1,11H2,2-3H3,(H,25,26,27)/b17-6+,18-13+. The molecule has 3 heterocycles. The Morgan fingerprint density at radius 2 is 2.17 bits per heavy atom. The number of hydrogen-bond acceptors (Lipinski definition) is 6. The van der Waals surface area contributed by atoms with Crippen LogP contribution in [0.2, 0.25) is 0 Å². The lowest BCUT2D eigenvalue weighted by atomic mass is 10.1. The van der Waals surface area contributed by atoms with Crippen LogP contribution in [0.5, 0.6) is 0 Å². The number of allylic oxidation sites excluding steroid dienone is 5. The number of anilines is 1. The molecule has 154 valence electrons. The second-order valence-corrected chi connectivity index (χ2v) is 7.16. The van der Waals surface area contributed by atoms with Crippen molar-refractivity contribution in [3.8, 4) is 0 Å². The van der Waals surface area contributed by atoms with Gasteiger partial charge >= 0.3 is 0 Å². The Morgan fingerprint density at radius 3 is 2.80 bits per heavy atom. The fourth-order valence-corrected chi connectivity index (χ4v) is 3.44. The number of aromatic nitrogens is 4. The molecule has 0 radical (unpaired) electrons. The first-order valence-electron chi connectivity index (χ1n) is 8.91. The third-order valence-electron chi connectivity index (χ3n) is 4.18. The van der Waals surface area contributed by atoms with E-state index in [2.05, 4.69) is 26.8 Å². The van der Waals surface area contributed by atoms with Crippen molar-refractivity contribution >= 4 is 45.8 Å². The van der Waals surface area contributed by atoms with Gasteiger partial charge in [-0.2, -0.15) is 4.98 Å². The van der Waals surface area contributed by atoms with E-state index >= 15 is 0 Å². The van der Waals surface area contributed by atoms with Crippen LogP contribution in [-0.2, 0) is 6.54 Å². The maximum Gasteiger partial charge on any atom is 0.293 e. The fraction of sp³-hybridized carbons (Fsp3) is 0.143. The van der Waals surface area contributed by atoms with Gasteiger partial charge in [0.25, 0.3) is 5.56 Å². The molecule has 1 N–H and O–H groups in total. The van der Waals surface area contributed by atoms with Crippen molar-refractivity contribution in [1.82, 2.24) is 19.7 Å². The zero-order valence-electron chi connectivity index (χ0n) is 16.4. The minimum atomic E-state index is -0.451. The van der Waals surface area contributed by atoms with Crippen molar-refractivity contribution in [3.05, 3.63) is 87.1 Å². The van der Waals surface area contributed by atoms with Gasteiger partial charge in [-0.1, -0.05) is 41.9 Å². The molecule has 30 heavy (non-hydrogen) atoms. The molecular formula is C21H19Cl2N5O2. The number of nitrogens with one attached hydrogen (secondary N) is 1. The van der Waals surface area contributed by atoms with Crippen molar-refractivity contribution in [1.29, 1.82) is 0 Å². The van der Waals surface area contributed by atoms with Crippen molar-refractivity contribution in [2.75, 3.05) is 12.4 Å². The van der Waals surface area contributed by atoms with Gasteiger partial charge in [-0.25, -0.2) is 4.98 Å². The summed E-state index contributed by atoms with van der Waals surface area (Å²) in [5, 5.41) is 4.33. The van der Waals surface area contributed by atoms with Gasteiger partial charge in [0.05, 0.1) is 5.56 Å². The molecule has 0 aliphatic rings. The zero-order chi connectivity index (χ0) is 21.7. The normalized spacial score (nSPS) is 12.5. The second kappa shape index (κ2) is 9.56. The fourth-order valence-electron chi connectivity index (χ4n) is 2.85. The Labute approximate surface area is 183 Å². The molecule has 0 spiro atoms. The Bertz CT molecular complexity index is 1200. The number of fused-ring (bicyclic) bond motifs is 1. The van der Waals surface area contributed by atoms with Crippen molar-refractivity contribution in [2.45, 2.75) is 13.5 Å². The molecule has 7 nitrogen and oxygen atoms in total. The van der Waals surface area contributed by atoms with E-state index in [1.165, 1.54) is 13.2 Å². The molecule has 0 aliphatic carbocycles. The van der Waals surface area contributed by atoms with Gasteiger partial charge in [-0.15, -0.1) is 4.73 Å². The van der Waals surface area contributed by atoms with E-state index in [1.54, 1.807) is 37.7 Å². The van der Waals surface area contributed by atoms with Gasteiger partial charge in [0.1, 0.15) is 7.11 Å². The van der Waals surface area contributed by atoms with Crippen LogP contribution in [0, 0.1) is 0 Å². The minimum Gasteiger partial charge on any atom is -0.412 e. The van der Waals surface area contributed by atoms with Gasteiger partial charge < -0.3 is 10.2 Å². The molecule has 0 atom stereocenters. The van der Waals surface area contributed by atoms with E-state index in [1.807, 2.05) is 12.1 Å². The molecule has 0 unspecified atom stereocenters. The summed E-state index contributed by atoms with van der Waals surface area (Å²) in [4.78, 5) is 31.2. The third kappa shape index (κ3) is 4.53. The highest BCUT2D eigenvalue weighted by Gasteiger charge is 2.19. The SMILES string of the molecule is C=C/C=C(Cl)\C(=C(/C)Cl)c1cc2cnc(NCc3cccnc3)nc2n(OC)c1=O. The molecule has 0 aliphatic heterocycles. The highest BCUT2D eigenvalue weighted by Crippen LogP contribution is 2.30. The number of pyridine rings is 2. The summed E-state index contributed by atoms with van der Waals surface area (Å²) in [5.74, 6) is 0.346. The van der Waals surface area contributed by atoms with E-state index in [-0.39, 0.29) is 10.6 Å². The van der Waals surface area contributed by atoms with Crippen LogP contribution in [0.4, 0.5) is 5.95 Å². The van der Waals surface area contributed by atoms with Gasteiger partial charge in [-0.3, -0.25) is 9.78 Å². The zero-order valence-corrected chi connectivity index (χ0v) is 17.9. The van der Waals surface area contributed by atoms with E-state index in [0.717, 1.165) is 10.3 Å². The molecule has 0 amide bonds. The van der Waals surface area contributed by atoms with Gasteiger partial charge in [0, 0.05) is 46.2 Å². The summed E-state index contributed by atoms with van der Waals surface area (Å²) in [7, 11) is 1.38. The summed E-state index contributed by atoms with van der Waals surface area (Å²) in [5.41, 5.74) is 1.48. The lowest BCUT2D eigenvalue weighted by molar-refractivity contribution is 0.167. The molecule has 0 saturated carbocycles. The number of hydrogen-bond donors (Lipinski definition) is 1. The van der Waals surface area contributed by atoms with Crippen molar-refractivity contribution in [2.24, 2.45) is 0 Å². The molecular weight excluding hydrogens is 425 g/mol. The Morgan fingerprint density at radius 1 is 1.37 bits per heavy atom. The molecule has 3 rings (SSSR count). The van der Waals surface area contributed by atoms with Crippen LogP contribution < -0.4 is 15.7 Å². The van der Waals surface area contributed by atoms with E-state index in [4.69, 9.17) is 28.0 Å². The van der Waals surface area contributed by atoms with Crippen LogP contribution in [0.1, 0.15) is 18.1 Å². The minimum absolute atomic E-state index is 0.264.